The second-order valence-corrected chi connectivity index (χ2v) is 4.70. The molecule has 14 heavy (non-hydrogen) atoms. The summed E-state index contributed by atoms with van der Waals surface area (Å²) in [5.74, 6) is 1.64. The molecule has 1 fully saturated rings. The van der Waals surface area contributed by atoms with Gasteiger partial charge in [0.2, 0.25) is 0 Å². The van der Waals surface area contributed by atoms with Gasteiger partial charge in [0.25, 0.3) is 0 Å². The van der Waals surface area contributed by atoms with Gasteiger partial charge >= 0.3 is 0 Å². The van der Waals surface area contributed by atoms with E-state index in [2.05, 4.69) is 11.9 Å². The average molecular weight is 194 g/mol. The molecule has 2 rings (SSSR count). The highest BCUT2D eigenvalue weighted by Crippen LogP contribution is 2.36. The fourth-order valence-corrected chi connectivity index (χ4v) is 2.39. The van der Waals surface area contributed by atoms with Crippen LogP contribution in [0.3, 0.4) is 0 Å². The summed E-state index contributed by atoms with van der Waals surface area (Å²) in [7, 11) is 1.98. The van der Waals surface area contributed by atoms with Crippen LogP contribution in [0.15, 0.2) is 12.4 Å². The van der Waals surface area contributed by atoms with Crippen molar-refractivity contribution in [3.05, 3.63) is 18.2 Å². The molecule has 0 aromatic carbocycles. The van der Waals surface area contributed by atoms with Crippen LogP contribution in [0.4, 0.5) is 0 Å². The molecule has 1 aromatic rings. The van der Waals surface area contributed by atoms with Crippen molar-refractivity contribution in [2.24, 2.45) is 13.0 Å². The highest BCUT2D eigenvalue weighted by molar-refractivity contribution is 5.00. The lowest BCUT2D eigenvalue weighted by molar-refractivity contribution is 0.0420. The molecule has 1 saturated carbocycles. The summed E-state index contributed by atoms with van der Waals surface area (Å²) in [6.07, 6.45) is 7.39. The van der Waals surface area contributed by atoms with Gasteiger partial charge in [0.1, 0.15) is 5.82 Å². The number of aryl methyl sites for hydroxylation is 1. The molecule has 0 bridgehead atoms. The van der Waals surface area contributed by atoms with Crippen molar-refractivity contribution < 1.29 is 5.11 Å². The summed E-state index contributed by atoms with van der Waals surface area (Å²) in [5, 5.41) is 10.3. The Bertz CT molecular complexity index is 321. The number of rotatable bonds is 2. The van der Waals surface area contributed by atoms with Crippen LogP contribution >= 0.6 is 0 Å². The number of hydrogen-bond acceptors (Lipinski definition) is 2. The minimum Gasteiger partial charge on any atom is -0.389 e. The molecule has 2 atom stereocenters. The van der Waals surface area contributed by atoms with Crippen LogP contribution in [-0.4, -0.2) is 20.3 Å². The lowest BCUT2D eigenvalue weighted by atomic mass is 9.96. The Morgan fingerprint density at radius 3 is 3.00 bits per heavy atom. The van der Waals surface area contributed by atoms with Gasteiger partial charge in [0, 0.05) is 25.9 Å². The summed E-state index contributed by atoms with van der Waals surface area (Å²) in [4.78, 5) is 4.25. The first-order valence-corrected chi connectivity index (χ1v) is 5.28. The van der Waals surface area contributed by atoms with Crippen LogP contribution < -0.4 is 0 Å². The predicted molar refractivity (Wildman–Crippen MR) is 54.9 cm³/mol. The molecule has 3 heteroatoms. The van der Waals surface area contributed by atoms with E-state index in [0.717, 1.165) is 25.1 Å². The van der Waals surface area contributed by atoms with E-state index in [9.17, 15) is 5.11 Å². The van der Waals surface area contributed by atoms with Crippen LogP contribution in [0.5, 0.6) is 0 Å². The fourth-order valence-electron chi connectivity index (χ4n) is 2.39. The summed E-state index contributed by atoms with van der Waals surface area (Å²) >= 11 is 0. The molecule has 3 nitrogen and oxygen atoms in total. The Labute approximate surface area is 84.8 Å². The smallest absolute Gasteiger partial charge is 0.111 e. The molecule has 0 spiro atoms. The Kier molecular flexibility index (Phi) is 2.35. The van der Waals surface area contributed by atoms with Crippen molar-refractivity contribution in [1.82, 2.24) is 9.55 Å². The van der Waals surface area contributed by atoms with Gasteiger partial charge in [-0.2, -0.15) is 0 Å². The number of aromatic nitrogens is 2. The summed E-state index contributed by atoms with van der Waals surface area (Å²) in [5.41, 5.74) is -0.501. The fraction of sp³-hybridized carbons (Fsp3) is 0.727. The van der Waals surface area contributed by atoms with E-state index < -0.39 is 5.60 Å². The molecule has 1 aromatic heterocycles. The predicted octanol–water partition coefficient (Wildman–Crippen LogP) is 1.51. The molecule has 0 saturated heterocycles. The first-order valence-electron chi connectivity index (χ1n) is 5.28. The Morgan fingerprint density at radius 2 is 2.50 bits per heavy atom. The third kappa shape index (κ3) is 1.82. The largest absolute Gasteiger partial charge is 0.389 e. The third-order valence-corrected chi connectivity index (χ3v) is 3.24. The number of imidazole rings is 1. The second-order valence-electron chi connectivity index (χ2n) is 4.70. The molecule has 0 radical (unpaired) electrons. The highest BCUT2D eigenvalue weighted by Gasteiger charge is 2.36. The Hall–Kier alpha value is -0.830. The van der Waals surface area contributed by atoms with Gasteiger partial charge in [-0.25, -0.2) is 4.98 Å². The molecule has 78 valence electrons. The summed E-state index contributed by atoms with van der Waals surface area (Å²) in [6.45, 7) is 2.20. The lowest BCUT2D eigenvalue weighted by Crippen LogP contribution is -2.29. The summed E-state index contributed by atoms with van der Waals surface area (Å²) in [6, 6.07) is 0. The number of hydrogen-bond donors (Lipinski definition) is 1. The molecule has 1 N–H and O–H groups in total. The first-order chi connectivity index (χ1) is 6.59. The Morgan fingerprint density at radius 1 is 1.71 bits per heavy atom. The monoisotopic (exact) mass is 194 g/mol. The summed E-state index contributed by atoms with van der Waals surface area (Å²) < 4.78 is 1.99. The minimum atomic E-state index is -0.501. The van der Waals surface area contributed by atoms with E-state index in [1.54, 1.807) is 6.20 Å². The number of aliphatic hydroxyl groups is 1. The number of nitrogens with zero attached hydrogens (tertiary/aromatic N) is 2. The standard InChI is InChI=1S/C11H18N2O/c1-9-3-4-11(14,7-9)8-10-12-5-6-13(10)2/h5-6,9,14H,3-4,7-8H2,1-2H3. The normalized spacial score (nSPS) is 32.4. The van der Waals surface area contributed by atoms with Crippen molar-refractivity contribution in [3.63, 3.8) is 0 Å². The third-order valence-electron chi connectivity index (χ3n) is 3.24. The van der Waals surface area contributed by atoms with E-state index in [-0.39, 0.29) is 0 Å². The van der Waals surface area contributed by atoms with E-state index in [1.807, 2.05) is 17.8 Å². The minimum absolute atomic E-state index is 0.501. The van der Waals surface area contributed by atoms with Gasteiger partial charge in [0.05, 0.1) is 5.60 Å². The highest BCUT2D eigenvalue weighted by atomic mass is 16.3. The second kappa shape index (κ2) is 3.39. The molecule has 1 heterocycles. The molecular weight excluding hydrogens is 176 g/mol. The zero-order valence-corrected chi connectivity index (χ0v) is 8.90. The van der Waals surface area contributed by atoms with Crippen molar-refractivity contribution in [2.75, 3.05) is 0 Å². The molecular formula is C11H18N2O. The average Bonchev–Trinajstić information content (AvgIpc) is 2.62. The van der Waals surface area contributed by atoms with Crippen molar-refractivity contribution in [1.29, 1.82) is 0 Å². The molecule has 2 unspecified atom stereocenters. The first kappa shape index (κ1) is 9.71. The van der Waals surface area contributed by atoms with E-state index >= 15 is 0 Å². The lowest BCUT2D eigenvalue weighted by Gasteiger charge is -2.21. The maximum atomic E-state index is 10.3. The van der Waals surface area contributed by atoms with Gasteiger partial charge < -0.3 is 9.67 Å². The van der Waals surface area contributed by atoms with Crippen molar-refractivity contribution >= 4 is 0 Å². The Balaban J connectivity index is 2.07. The van der Waals surface area contributed by atoms with Gasteiger partial charge in [-0.3, -0.25) is 0 Å². The molecule has 1 aliphatic carbocycles. The maximum absolute atomic E-state index is 10.3. The quantitative estimate of drug-likeness (QED) is 0.775. The van der Waals surface area contributed by atoms with Crippen LogP contribution in [0.25, 0.3) is 0 Å². The zero-order valence-electron chi connectivity index (χ0n) is 8.90. The van der Waals surface area contributed by atoms with Gasteiger partial charge in [-0.15, -0.1) is 0 Å². The zero-order chi connectivity index (χ0) is 10.2. The van der Waals surface area contributed by atoms with Gasteiger partial charge in [-0.05, 0) is 25.2 Å². The van der Waals surface area contributed by atoms with Crippen LogP contribution in [-0.2, 0) is 13.5 Å². The van der Waals surface area contributed by atoms with Crippen LogP contribution in [0, 0.1) is 5.92 Å². The van der Waals surface area contributed by atoms with Gasteiger partial charge in [0.15, 0.2) is 0 Å². The van der Waals surface area contributed by atoms with E-state index in [0.29, 0.717) is 12.3 Å². The maximum Gasteiger partial charge on any atom is 0.111 e. The van der Waals surface area contributed by atoms with Gasteiger partial charge in [-0.1, -0.05) is 6.92 Å². The van der Waals surface area contributed by atoms with Crippen LogP contribution in [0.2, 0.25) is 0 Å². The topological polar surface area (TPSA) is 38.1 Å². The van der Waals surface area contributed by atoms with Crippen LogP contribution in [0.1, 0.15) is 32.0 Å². The molecule has 0 amide bonds. The molecule has 1 aliphatic rings. The molecule has 0 aliphatic heterocycles. The SMILES string of the molecule is CC1CCC(O)(Cc2nccn2C)C1. The van der Waals surface area contributed by atoms with E-state index in [1.165, 1.54) is 0 Å². The van der Waals surface area contributed by atoms with Crippen molar-refractivity contribution in [2.45, 2.75) is 38.2 Å². The van der Waals surface area contributed by atoms with Crippen molar-refractivity contribution in [3.8, 4) is 0 Å². The van der Waals surface area contributed by atoms with E-state index in [4.69, 9.17) is 0 Å².